The third-order valence-corrected chi connectivity index (χ3v) is 3.67. The van der Waals surface area contributed by atoms with E-state index < -0.39 is 42.7 Å². The molecule has 0 aliphatic carbocycles. The van der Waals surface area contributed by atoms with Crippen molar-refractivity contribution in [1.82, 2.24) is 0 Å². The molecule has 0 aliphatic rings. The lowest BCUT2D eigenvalue weighted by Crippen LogP contribution is -2.30. The summed E-state index contributed by atoms with van der Waals surface area (Å²) in [7, 11) is -3.79. The van der Waals surface area contributed by atoms with Crippen molar-refractivity contribution in [3.05, 3.63) is 57.6 Å². The van der Waals surface area contributed by atoms with Crippen LogP contribution in [0.5, 0.6) is 0 Å². The minimum absolute atomic E-state index is 0.0806. The highest BCUT2D eigenvalue weighted by molar-refractivity contribution is 6.59. The van der Waals surface area contributed by atoms with E-state index in [-0.39, 0.29) is 15.9 Å². The lowest BCUT2D eigenvalue weighted by Gasteiger charge is -2.09. The first-order valence-corrected chi connectivity index (χ1v) is 7.85. The van der Waals surface area contributed by atoms with Crippen LogP contribution in [0, 0.1) is 0 Å². The molecule has 0 unspecified atom stereocenters. The normalized spacial score (nSPS) is 11.6. The summed E-state index contributed by atoms with van der Waals surface area (Å²) in [6, 6.07) is 4.94. The molecule has 28 heavy (non-hydrogen) atoms. The number of alkyl halides is 6. The van der Waals surface area contributed by atoms with Gasteiger partial charge in [0.15, 0.2) is 0 Å². The molecule has 4 N–H and O–H groups in total. The fourth-order valence-electron chi connectivity index (χ4n) is 1.85. The lowest BCUT2D eigenvalue weighted by atomic mass is 9.79. The quantitative estimate of drug-likeness (QED) is 0.419. The molecule has 14 heteroatoms. The van der Waals surface area contributed by atoms with Gasteiger partial charge >= 0.3 is 26.6 Å². The standard InChI is InChI=1S/2C7H5BClF3O2/c9-6-2-4(7(10,11)12)1-5(3-6)8(13)14;9-6-3-4(8(13)14)1-2-5(6)7(10,11)12/h2*1-3,13-14H. The molecule has 0 saturated heterocycles. The van der Waals surface area contributed by atoms with Crippen molar-refractivity contribution in [3.8, 4) is 0 Å². The van der Waals surface area contributed by atoms with E-state index in [0.717, 1.165) is 18.2 Å². The summed E-state index contributed by atoms with van der Waals surface area (Å²) in [5.74, 6) is 0. The van der Waals surface area contributed by atoms with Crippen LogP contribution in [-0.4, -0.2) is 34.3 Å². The number of halogens is 8. The summed E-state index contributed by atoms with van der Waals surface area (Å²) < 4.78 is 73.1. The van der Waals surface area contributed by atoms with Crippen molar-refractivity contribution in [3.63, 3.8) is 0 Å². The third-order valence-electron chi connectivity index (χ3n) is 3.14. The molecule has 0 saturated carbocycles. The maximum Gasteiger partial charge on any atom is 0.488 e. The van der Waals surface area contributed by atoms with Crippen LogP contribution in [-0.2, 0) is 12.4 Å². The number of rotatable bonds is 2. The van der Waals surface area contributed by atoms with Crippen molar-refractivity contribution in [2.24, 2.45) is 0 Å². The van der Waals surface area contributed by atoms with Crippen molar-refractivity contribution in [1.29, 1.82) is 0 Å². The average molecular weight is 449 g/mol. The Labute approximate surface area is 165 Å². The van der Waals surface area contributed by atoms with E-state index in [1.165, 1.54) is 0 Å². The molecule has 0 radical (unpaired) electrons. The molecular weight excluding hydrogens is 439 g/mol. The van der Waals surface area contributed by atoms with E-state index in [0.29, 0.717) is 18.2 Å². The van der Waals surface area contributed by atoms with Crippen LogP contribution in [0.2, 0.25) is 10.0 Å². The first-order chi connectivity index (χ1) is 12.6. The van der Waals surface area contributed by atoms with Gasteiger partial charge in [-0.25, -0.2) is 0 Å². The largest absolute Gasteiger partial charge is 0.488 e. The maximum atomic E-state index is 12.2. The van der Waals surface area contributed by atoms with E-state index in [9.17, 15) is 26.3 Å². The van der Waals surface area contributed by atoms with E-state index >= 15 is 0 Å². The van der Waals surface area contributed by atoms with Crippen LogP contribution in [0.15, 0.2) is 36.4 Å². The Morgan fingerprint density at radius 1 is 0.679 bits per heavy atom. The van der Waals surface area contributed by atoms with Gasteiger partial charge in [-0.05, 0) is 35.2 Å². The Morgan fingerprint density at radius 2 is 1.21 bits per heavy atom. The van der Waals surface area contributed by atoms with Crippen LogP contribution in [0.3, 0.4) is 0 Å². The Morgan fingerprint density at radius 3 is 1.61 bits per heavy atom. The summed E-state index contributed by atoms with van der Waals surface area (Å²) in [5, 5.41) is 33.9. The predicted octanol–water partition coefficient (Wildman–Crippen LogP) is 2.08. The zero-order valence-corrected chi connectivity index (χ0v) is 14.9. The molecule has 2 aromatic carbocycles. The summed E-state index contributed by atoms with van der Waals surface area (Å²) >= 11 is 10.7. The highest BCUT2D eigenvalue weighted by Gasteiger charge is 2.33. The predicted molar refractivity (Wildman–Crippen MR) is 92.6 cm³/mol. The average Bonchev–Trinajstić information content (AvgIpc) is 2.52. The van der Waals surface area contributed by atoms with E-state index in [1.807, 2.05) is 0 Å². The molecule has 0 fully saturated rings. The Kier molecular flexibility index (Phi) is 8.24. The summed E-state index contributed by atoms with van der Waals surface area (Å²) in [4.78, 5) is 0. The summed E-state index contributed by atoms with van der Waals surface area (Å²) in [6.07, 6.45) is -9.08. The van der Waals surface area contributed by atoms with Gasteiger partial charge in [0.25, 0.3) is 0 Å². The Balaban J connectivity index is 0.000000280. The van der Waals surface area contributed by atoms with E-state index in [2.05, 4.69) is 0 Å². The minimum atomic E-state index is -4.55. The molecule has 0 amide bonds. The molecule has 0 aromatic heterocycles. The second-order valence-corrected chi connectivity index (χ2v) is 6.10. The minimum Gasteiger partial charge on any atom is -0.423 e. The van der Waals surface area contributed by atoms with Gasteiger partial charge in [-0.2, -0.15) is 26.3 Å². The van der Waals surface area contributed by atoms with Crippen LogP contribution < -0.4 is 10.9 Å². The zero-order chi connectivity index (χ0) is 21.9. The van der Waals surface area contributed by atoms with Gasteiger partial charge in [0.2, 0.25) is 0 Å². The van der Waals surface area contributed by atoms with Gasteiger partial charge in [-0.3, -0.25) is 0 Å². The molecule has 152 valence electrons. The Hall–Kier alpha value is -1.43. The number of hydrogen-bond acceptors (Lipinski definition) is 4. The fraction of sp³-hybridized carbons (Fsp3) is 0.143. The van der Waals surface area contributed by atoms with Crippen LogP contribution in [0.1, 0.15) is 11.1 Å². The fourth-order valence-corrected chi connectivity index (χ4v) is 2.39. The topological polar surface area (TPSA) is 80.9 Å². The molecule has 2 aromatic rings. The van der Waals surface area contributed by atoms with Crippen LogP contribution >= 0.6 is 23.2 Å². The molecule has 0 atom stereocenters. The van der Waals surface area contributed by atoms with E-state index in [1.54, 1.807) is 0 Å². The van der Waals surface area contributed by atoms with Gasteiger partial charge in [-0.15, -0.1) is 0 Å². The second-order valence-electron chi connectivity index (χ2n) is 5.26. The second kappa shape index (κ2) is 9.38. The van der Waals surface area contributed by atoms with Gasteiger partial charge in [0.1, 0.15) is 0 Å². The van der Waals surface area contributed by atoms with Gasteiger partial charge in [0, 0.05) is 5.02 Å². The van der Waals surface area contributed by atoms with Gasteiger partial charge in [-0.1, -0.05) is 35.3 Å². The SMILES string of the molecule is OB(O)c1cc(Cl)cc(C(F)(F)F)c1.OB(O)c1ccc(C(F)(F)F)c(Cl)c1. The highest BCUT2D eigenvalue weighted by Crippen LogP contribution is 2.33. The monoisotopic (exact) mass is 448 g/mol. The van der Waals surface area contributed by atoms with Crippen molar-refractivity contribution < 1.29 is 46.4 Å². The molecule has 0 spiro atoms. The van der Waals surface area contributed by atoms with Gasteiger partial charge in [0.05, 0.1) is 16.1 Å². The van der Waals surface area contributed by atoms with Crippen LogP contribution in [0.4, 0.5) is 26.3 Å². The first kappa shape index (κ1) is 24.6. The molecule has 0 heterocycles. The Bertz CT molecular complexity index is 815. The molecule has 0 bridgehead atoms. The van der Waals surface area contributed by atoms with E-state index in [4.69, 9.17) is 43.3 Å². The third kappa shape index (κ3) is 7.19. The highest BCUT2D eigenvalue weighted by atomic mass is 35.5. The summed E-state index contributed by atoms with van der Waals surface area (Å²) in [5.41, 5.74) is -2.37. The lowest BCUT2D eigenvalue weighted by molar-refractivity contribution is -0.138. The van der Waals surface area contributed by atoms with Crippen molar-refractivity contribution in [2.75, 3.05) is 0 Å². The number of benzene rings is 2. The maximum absolute atomic E-state index is 12.2. The van der Waals surface area contributed by atoms with Crippen molar-refractivity contribution in [2.45, 2.75) is 12.4 Å². The van der Waals surface area contributed by atoms with Crippen molar-refractivity contribution >= 4 is 48.4 Å². The number of hydrogen-bond donors (Lipinski definition) is 4. The van der Waals surface area contributed by atoms with Crippen LogP contribution in [0.25, 0.3) is 0 Å². The molecule has 2 rings (SSSR count). The molecule has 0 aliphatic heterocycles. The molecular formula is C14H10B2Cl2F6O4. The smallest absolute Gasteiger partial charge is 0.423 e. The molecule has 4 nitrogen and oxygen atoms in total. The zero-order valence-electron chi connectivity index (χ0n) is 13.4. The summed E-state index contributed by atoms with van der Waals surface area (Å²) in [6.45, 7) is 0. The first-order valence-electron chi connectivity index (χ1n) is 7.09. The van der Waals surface area contributed by atoms with Gasteiger partial charge < -0.3 is 20.1 Å².